The van der Waals surface area contributed by atoms with E-state index >= 15 is 0 Å². The molecule has 2 fully saturated rings. The van der Waals surface area contributed by atoms with Crippen LogP contribution in [0.15, 0.2) is 21.3 Å². The van der Waals surface area contributed by atoms with Crippen molar-refractivity contribution in [2.45, 2.75) is 64.0 Å². The number of nitrogens with zero attached hydrogens (tertiary/aromatic N) is 1. The van der Waals surface area contributed by atoms with Crippen LogP contribution in [0.4, 0.5) is 0 Å². The fraction of sp³-hybridized carbons (Fsp3) is 0.522. The first-order valence-electron chi connectivity index (χ1n) is 10.8. The minimum atomic E-state index is -0.258. The highest BCUT2D eigenvalue weighted by Gasteiger charge is 2.40. The Labute approximate surface area is 174 Å². The van der Waals surface area contributed by atoms with E-state index in [9.17, 15) is 14.4 Å². The molecule has 5 rings (SSSR count). The molecule has 3 heterocycles. The highest BCUT2D eigenvalue weighted by Crippen LogP contribution is 2.33. The maximum atomic E-state index is 12.9. The number of rotatable bonds is 3. The topological polar surface area (TPSA) is 88.9 Å². The van der Waals surface area contributed by atoms with Gasteiger partial charge in [-0.25, -0.2) is 4.79 Å². The van der Waals surface area contributed by atoms with E-state index in [1.54, 1.807) is 0 Å². The summed E-state index contributed by atoms with van der Waals surface area (Å²) in [6.45, 7) is 2.27. The molecular formula is C23H26N2O5. The van der Waals surface area contributed by atoms with E-state index in [0.29, 0.717) is 24.3 Å². The smallest absolute Gasteiger partial charge is 0.339 e. The number of ether oxygens (including phenoxy) is 1. The van der Waals surface area contributed by atoms with E-state index in [4.69, 9.17) is 9.15 Å². The monoisotopic (exact) mass is 410 g/mol. The second kappa shape index (κ2) is 7.45. The summed E-state index contributed by atoms with van der Waals surface area (Å²) in [6.07, 6.45) is 5.87. The van der Waals surface area contributed by atoms with Crippen molar-refractivity contribution >= 4 is 22.8 Å². The van der Waals surface area contributed by atoms with Crippen molar-refractivity contribution in [1.82, 2.24) is 10.2 Å². The van der Waals surface area contributed by atoms with E-state index < -0.39 is 0 Å². The minimum Gasteiger partial charge on any atom is -0.483 e. The Morgan fingerprint density at radius 3 is 2.77 bits per heavy atom. The highest BCUT2D eigenvalue weighted by molar-refractivity contribution is 5.86. The molecule has 2 amide bonds. The number of nitrogens with one attached hydrogen (secondary N) is 1. The second-order valence-corrected chi connectivity index (χ2v) is 8.60. The highest BCUT2D eigenvalue weighted by atomic mass is 16.5. The van der Waals surface area contributed by atoms with Gasteiger partial charge >= 0.3 is 5.63 Å². The van der Waals surface area contributed by atoms with Gasteiger partial charge in [0.25, 0.3) is 5.91 Å². The number of carbonyl (C=O) groups excluding carboxylic acids is 2. The van der Waals surface area contributed by atoms with Gasteiger partial charge in [-0.15, -0.1) is 0 Å². The van der Waals surface area contributed by atoms with Crippen molar-refractivity contribution in [1.29, 1.82) is 0 Å². The summed E-state index contributed by atoms with van der Waals surface area (Å²) >= 11 is 0. The Balaban J connectivity index is 1.38. The Hall–Kier alpha value is -2.83. The van der Waals surface area contributed by atoms with Crippen LogP contribution in [0.2, 0.25) is 0 Å². The molecular weight excluding hydrogens is 384 g/mol. The molecule has 7 heteroatoms. The maximum absolute atomic E-state index is 12.9. The van der Waals surface area contributed by atoms with E-state index in [-0.39, 0.29) is 36.1 Å². The summed E-state index contributed by atoms with van der Waals surface area (Å²) in [7, 11) is 0. The lowest BCUT2D eigenvalue weighted by atomic mass is 9.90. The van der Waals surface area contributed by atoms with Crippen molar-refractivity contribution in [3.63, 3.8) is 0 Å². The Kier molecular flexibility index (Phi) is 4.76. The van der Waals surface area contributed by atoms with Crippen molar-refractivity contribution in [2.75, 3.05) is 13.2 Å². The van der Waals surface area contributed by atoms with E-state index in [1.165, 1.54) is 0 Å². The first-order chi connectivity index (χ1) is 14.5. The van der Waals surface area contributed by atoms with E-state index in [1.807, 2.05) is 24.0 Å². The molecule has 0 spiro atoms. The quantitative estimate of drug-likeness (QED) is 0.784. The number of fused-ring (bicyclic) bond motifs is 5. The third kappa shape index (κ3) is 3.16. The fourth-order valence-electron chi connectivity index (χ4n) is 5.28. The van der Waals surface area contributed by atoms with Gasteiger partial charge in [0.15, 0.2) is 6.61 Å². The molecule has 2 atom stereocenters. The van der Waals surface area contributed by atoms with Crippen molar-refractivity contribution < 1.29 is 18.7 Å². The van der Waals surface area contributed by atoms with Gasteiger partial charge in [0.1, 0.15) is 11.3 Å². The van der Waals surface area contributed by atoms with Gasteiger partial charge in [-0.05, 0) is 63.1 Å². The summed E-state index contributed by atoms with van der Waals surface area (Å²) in [6, 6.07) is 3.80. The first-order valence-corrected chi connectivity index (χ1v) is 10.8. The molecule has 0 unspecified atom stereocenters. The third-order valence-electron chi connectivity index (χ3n) is 6.81. The molecule has 2 bridgehead atoms. The van der Waals surface area contributed by atoms with Crippen LogP contribution in [0.3, 0.4) is 0 Å². The lowest BCUT2D eigenvalue weighted by Gasteiger charge is -2.27. The van der Waals surface area contributed by atoms with Crippen LogP contribution in [-0.4, -0.2) is 41.9 Å². The molecule has 0 radical (unpaired) electrons. The normalized spacial score (nSPS) is 23.1. The van der Waals surface area contributed by atoms with E-state index in [0.717, 1.165) is 60.6 Å². The van der Waals surface area contributed by atoms with Gasteiger partial charge in [0, 0.05) is 41.6 Å². The predicted octanol–water partition coefficient (Wildman–Crippen LogP) is 2.24. The second-order valence-electron chi connectivity index (χ2n) is 8.60. The predicted molar refractivity (Wildman–Crippen MR) is 111 cm³/mol. The largest absolute Gasteiger partial charge is 0.483 e. The van der Waals surface area contributed by atoms with Gasteiger partial charge in [0.05, 0.1) is 0 Å². The van der Waals surface area contributed by atoms with Gasteiger partial charge in [-0.3, -0.25) is 9.59 Å². The molecule has 158 valence electrons. The van der Waals surface area contributed by atoms with Gasteiger partial charge in [0.2, 0.25) is 5.91 Å². The maximum Gasteiger partial charge on any atom is 0.339 e. The van der Waals surface area contributed by atoms with Crippen LogP contribution in [0.1, 0.15) is 48.8 Å². The van der Waals surface area contributed by atoms with Crippen LogP contribution in [0.5, 0.6) is 5.75 Å². The molecule has 0 saturated carbocycles. The summed E-state index contributed by atoms with van der Waals surface area (Å²) in [4.78, 5) is 39.0. The number of aryl methyl sites for hydroxylation is 2. The van der Waals surface area contributed by atoms with Gasteiger partial charge in [-0.2, -0.15) is 0 Å². The summed E-state index contributed by atoms with van der Waals surface area (Å²) < 4.78 is 11.5. The van der Waals surface area contributed by atoms with E-state index in [2.05, 4.69) is 5.32 Å². The molecule has 1 aliphatic carbocycles. The molecule has 30 heavy (non-hydrogen) atoms. The molecule has 2 saturated heterocycles. The van der Waals surface area contributed by atoms with Crippen LogP contribution in [0.25, 0.3) is 11.0 Å². The Bertz CT molecular complexity index is 1090. The molecule has 1 N–H and O–H groups in total. The number of carbonyl (C=O) groups is 2. The number of amides is 2. The minimum absolute atomic E-state index is 0.00431. The molecule has 1 aromatic heterocycles. The fourth-order valence-corrected chi connectivity index (χ4v) is 5.28. The molecule has 7 nitrogen and oxygen atoms in total. The zero-order valence-corrected chi connectivity index (χ0v) is 17.2. The zero-order chi connectivity index (χ0) is 20.8. The number of hydrogen-bond donors (Lipinski definition) is 1. The Morgan fingerprint density at radius 2 is 1.93 bits per heavy atom. The van der Waals surface area contributed by atoms with Crippen molar-refractivity contribution in [3.8, 4) is 5.75 Å². The average molecular weight is 410 g/mol. The van der Waals surface area contributed by atoms with Crippen LogP contribution in [-0.2, 0) is 22.4 Å². The third-order valence-corrected chi connectivity index (χ3v) is 6.81. The number of benzene rings is 1. The van der Waals surface area contributed by atoms with Crippen molar-refractivity contribution in [3.05, 3.63) is 39.2 Å². The van der Waals surface area contributed by atoms with Crippen LogP contribution >= 0.6 is 0 Å². The number of hydrogen-bond acceptors (Lipinski definition) is 5. The van der Waals surface area contributed by atoms with Crippen LogP contribution < -0.4 is 15.7 Å². The summed E-state index contributed by atoms with van der Waals surface area (Å²) in [5, 5.41) is 3.85. The standard InChI is InChI=1S/C23H26N2O5/c1-13-19(9-8-17-16-4-2-3-5-18(16)23(28)30-22(13)17)29-12-21(27)25-14-6-7-15(25)11-24-20(26)10-14/h8-9,14-15H,2-7,10-12H2,1H3,(H,24,26)/t14-,15+/m1/s1. The Morgan fingerprint density at radius 1 is 1.17 bits per heavy atom. The lowest BCUT2D eigenvalue weighted by molar-refractivity contribution is -0.136. The summed E-state index contributed by atoms with van der Waals surface area (Å²) in [5.41, 5.74) is 2.93. The SMILES string of the molecule is Cc1c(OCC(=O)N2[C@@H]3CC[C@H]2CNC(=O)C3)ccc2c3c(c(=O)oc12)CCCC3. The lowest BCUT2D eigenvalue weighted by Crippen LogP contribution is -2.44. The van der Waals surface area contributed by atoms with Crippen LogP contribution in [0, 0.1) is 6.92 Å². The molecule has 1 aromatic carbocycles. The average Bonchev–Trinajstić information content (AvgIpc) is 3.06. The van der Waals surface area contributed by atoms with Crippen molar-refractivity contribution in [2.24, 2.45) is 0 Å². The molecule has 2 aromatic rings. The molecule has 2 aliphatic heterocycles. The first kappa shape index (κ1) is 19.2. The zero-order valence-electron chi connectivity index (χ0n) is 17.2. The summed E-state index contributed by atoms with van der Waals surface area (Å²) in [5.74, 6) is 0.446. The van der Waals surface area contributed by atoms with Gasteiger partial charge in [-0.1, -0.05) is 0 Å². The van der Waals surface area contributed by atoms with Gasteiger partial charge < -0.3 is 19.4 Å². The molecule has 3 aliphatic rings.